The van der Waals surface area contributed by atoms with E-state index in [0.717, 1.165) is 32.7 Å². The highest BCUT2D eigenvalue weighted by Gasteiger charge is 2.36. The summed E-state index contributed by atoms with van der Waals surface area (Å²) in [6.45, 7) is 5.17. The molecule has 4 heteroatoms. The minimum atomic E-state index is -0.481. The van der Waals surface area contributed by atoms with E-state index in [0.29, 0.717) is 12.0 Å². The van der Waals surface area contributed by atoms with Crippen LogP contribution >= 0.6 is 0 Å². The molecule has 3 heterocycles. The first-order valence-electron chi connectivity index (χ1n) is 6.62. The largest absolute Gasteiger partial charge is 0.391 e. The molecule has 3 saturated heterocycles. The number of fused-ring (bicyclic) bond motifs is 3. The van der Waals surface area contributed by atoms with E-state index in [-0.39, 0.29) is 11.9 Å². The van der Waals surface area contributed by atoms with Crippen molar-refractivity contribution in [3.8, 4) is 0 Å². The standard InChI is InChI=1S/C14H19FN2O/c15-12-4-2-1-3-11(12)9-14(18)13-10-16-5-7-17(13)8-6-16/h1-4,13-14,18H,5-10H2. The topological polar surface area (TPSA) is 26.7 Å². The Labute approximate surface area is 107 Å². The van der Waals surface area contributed by atoms with Crippen LogP contribution in [0.1, 0.15) is 5.56 Å². The van der Waals surface area contributed by atoms with Crippen molar-refractivity contribution in [1.82, 2.24) is 9.80 Å². The Hall–Kier alpha value is -0.970. The molecule has 3 aliphatic heterocycles. The molecule has 2 unspecified atom stereocenters. The van der Waals surface area contributed by atoms with Gasteiger partial charge in [-0.25, -0.2) is 4.39 Å². The Bertz CT molecular complexity index is 418. The molecular weight excluding hydrogens is 231 g/mol. The van der Waals surface area contributed by atoms with Crippen LogP contribution in [0, 0.1) is 5.82 Å². The molecule has 0 radical (unpaired) electrons. The number of aliphatic hydroxyl groups is 1. The average molecular weight is 250 g/mol. The van der Waals surface area contributed by atoms with E-state index in [4.69, 9.17) is 0 Å². The number of rotatable bonds is 3. The van der Waals surface area contributed by atoms with E-state index in [1.54, 1.807) is 12.1 Å². The van der Waals surface area contributed by atoms with Crippen LogP contribution in [-0.2, 0) is 6.42 Å². The van der Waals surface area contributed by atoms with Gasteiger partial charge in [0.25, 0.3) is 0 Å². The van der Waals surface area contributed by atoms with Gasteiger partial charge in [-0.1, -0.05) is 18.2 Å². The third-order valence-electron chi connectivity index (χ3n) is 4.15. The van der Waals surface area contributed by atoms with Gasteiger partial charge in [-0.05, 0) is 11.6 Å². The van der Waals surface area contributed by atoms with Crippen molar-refractivity contribution in [2.45, 2.75) is 18.6 Å². The smallest absolute Gasteiger partial charge is 0.126 e. The van der Waals surface area contributed by atoms with Crippen LogP contribution in [0.25, 0.3) is 0 Å². The van der Waals surface area contributed by atoms with E-state index in [2.05, 4.69) is 9.80 Å². The minimum Gasteiger partial charge on any atom is -0.391 e. The number of hydrogen-bond acceptors (Lipinski definition) is 3. The van der Waals surface area contributed by atoms with Crippen LogP contribution < -0.4 is 0 Å². The predicted molar refractivity (Wildman–Crippen MR) is 67.9 cm³/mol. The SMILES string of the molecule is OC(Cc1ccccc1F)C1CN2CCN1CC2. The van der Waals surface area contributed by atoms with Gasteiger partial charge < -0.3 is 5.11 Å². The highest BCUT2D eigenvalue weighted by molar-refractivity contribution is 5.18. The lowest BCUT2D eigenvalue weighted by Crippen LogP contribution is -2.64. The van der Waals surface area contributed by atoms with Crippen LogP contribution in [0.3, 0.4) is 0 Å². The van der Waals surface area contributed by atoms with Gasteiger partial charge in [-0.3, -0.25) is 9.80 Å². The van der Waals surface area contributed by atoms with Crippen LogP contribution in [0.2, 0.25) is 0 Å². The first kappa shape index (κ1) is 12.1. The van der Waals surface area contributed by atoms with Gasteiger partial charge in [-0.15, -0.1) is 0 Å². The van der Waals surface area contributed by atoms with Crippen molar-refractivity contribution in [2.75, 3.05) is 32.7 Å². The maximum absolute atomic E-state index is 13.6. The van der Waals surface area contributed by atoms with Crippen molar-refractivity contribution in [3.63, 3.8) is 0 Å². The first-order valence-corrected chi connectivity index (χ1v) is 6.62. The summed E-state index contributed by atoms with van der Waals surface area (Å²) < 4.78 is 13.6. The van der Waals surface area contributed by atoms with Gasteiger partial charge in [-0.2, -0.15) is 0 Å². The number of aliphatic hydroxyl groups excluding tert-OH is 1. The average Bonchev–Trinajstić information content (AvgIpc) is 2.42. The molecule has 0 saturated carbocycles. The molecular formula is C14H19FN2O. The van der Waals surface area contributed by atoms with Gasteiger partial charge in [0.15, 0.2) is 0 Å². The summed E-state index contributed by atoms with van der Waals surface area (Å²) in [7, 11) is 0. The van der Waals surface area contributed by atoms with Crippen molar-refractivity contribution in [2.24, 2.45) is 0 Å². The van der Waals surface area contributed by atoms with Gasteiger partial charge in [0.05, 0.1) is 6.10 Å². The highest BCUT2D eigenvalue weighted by atomic mass is 19.1. The van der Waals surface area contributed by atoms with Crippen LogP contribution in [0.15, 0.2) is 24.3 Å². The molecule has 2 atom stereocenters. The number of hydrogen-bond donors (Lipinski definition) is 1. The fourth-order valence-corrected chi connectivity index (χ4v) is 3.05. The third-order valence-corrected chi connectivity index (χ3v) is 4.15. The molecule has 0 amide bonds. The molecule has 1 N–H and O–H groups in total. The Morgan fingerprint density at radius 1 is 1.22 bits per heavy atom. The van der Waals surface area contributed by atoms with E-state index in [1.165, 1.54) is 6.07 Å². The van der Waals surface area contributed by atoms with Crippen molar-refractivity contribution in [1.29, 1.82) is 0 Å². The Balaban J connectivity index is 1.68. The zero-order valence-electron chi connectivity index (χ0n) is 10.4. The van der Waals surface area contributed by atoms with Crippen LogP contribution in [0.4, 0.5) is 4.39 Å². The second-order valence-electron chi connectivity index (χ2n) is 5.27. The van der Waals surface area contributed by atoms with Crippen LogP contribution in [-0.4, -0.2) is 59.8 Å². The number of halogens is 1. The summed E-state index contributed by atoms with van der Waals surface area (Å²) in [6, 6.07) is 6.88. The quantitative estimate of drug-likeness (QED) is 0.856. The zero-order chi connectivity index (χ0) is 12.5. The summed E-state index contributed by atoms with van der Waals surface area (Å²) in [5.74, 6) is -0.215. The zero-order valence-corrected chi connectivity index (χ0v) is 10.4. The summed E-state index contributed by atoms with van der Waals surface area (Å²) in [6.07, 6.45) is -0.0770. The van der Waals surface area contributed by atoms with E-state index in [9.17, 15) is 9.50 Å². The van der Waals surface area contributed by atoms with E-state index >= 15 is 0 Å². The fourth-order valence-electron chi connectivity index (χ4n) is 3.05. The van der Waals surface area contributed by atoms with Gasteiger partial charge in [0.2, 0.25) is 0 Å². The molecule has 0 spiro atoms. The Morgan fingerprint density at radius 2 is 1.94 bits per heavy atom. The lowest BCUT2D eigenvalue weighted by atomic mass is 9.96. The molecule has 1 aromatic carbocycles. The summed E-state index contributed by atoms with van der Waals surface area (Å²) in [5.41, 5.74) is 0.614. The predicted octanol–water partition coefficient (Wildman–Crippen LogP) is 0.729. The molecule has 4 rings (SSSR count). The lowest BCUT2D eigenvalue weighted by Gasteiger charge is -2.49. The van der Waals surface area contributed by atoms with Crippen molar-refractivity contribution >= 4 is 0 Å². The van der Waals surface area contributed by atoms with E-state index in [1.807, 2.05) is 6.07 Å². The highest BCUT2D eigenvalue weighted by Crippen LogP contribution is 2.21. The molecule has 2 bridgehead atoms. The lowest BCUT2D eigenvalue weighted by molar-refractivity contribution is -0.0455. The number of benzene rings is 1. The van der Waals surface area contributed by atoms with E-state index < -0.39 is 6.10 Å². The number of nitrogens with zero attached hydrogens (tertiary/aromatic N) is 2. The maximum atomic E-state index is 13.6. The molecule has 3 nitrogen and oxygen atoms in total. The molecule has 0 aliphatic carbocycles. The molecule has 0 aromatic heterocycles. The van der Waals surface area contributed by atoms with Gasteiger partial charge >= 0.3 is 0 Å². The fraction of sp³-hybridized carbons (Fsp3) is 0.571. The first-order chi connectivity index (χ1) is 8.74. The molecule has 18 heavy (non-hydrogen) atoms. The Kier molecular flexibility index (Phi) is 3.33. The molecule has 3 fully saturated rings. The number of piperazine rings is 3. The summed E-state index contributed by atoms with van der Waals surface area (Å²) in [4.78, 5) is 4.72. The second kappa shape index (κ2) is 4.96. The minimum absolute atomic E-state index is 0.159. The molecule has 3 aliphatic rings. The van der Waals surface area contributed by atoms with Gasteiger partial charge in [0, 0.05) is 45.2 Å². The van der Waals surface area contributed by atoms with Crippen molar-refractivity contribution in [3.05, 3.63) is 35.6 Å². The third kappa shape index (κ3) is 2.28. The van der Waals surface area contributed by atoms with Gasteiger partial charge in [0.1, 0.15) is 5.82 Å². The normalized spacial score (nSPS) is 32.4. The molecule has 98 valence electrons. The summed E-state index contributed by atoms with van der Waals surface area (Å²) in [5, 5.41) is 10.3. The second-order valence-corrected chi connectivity index (χ2v) is 5.27. The monoisotopic (exact) mass is 250 g/mol. The Morgan fingerprint density at radius 3 is 2.56 bits per heavy atom. The molecule has 1 aromatic rings. The summed E-state index contributed by atoms with van der Waals surface area (Å²) >= 11 is 0. The van der Waals surface area contributed by atoms with Crippen LogP contribution in [0.5, 0.6) is 0 Å². The van der Waals surface area contributed by atoms with Crippen molar-refractivity contribution < 1.29 is 9.50 Å². The maximum Gasteiger partial charge on any atom is 0.126 e.